The fraction of sp³-hybridized carbons (Fsp3) is 0.0500. The lowest BCUT2D eigenvalue weighted by molar-refractivity contribution is 0.307. The molecule has 5 heteroatoms. The second-order valence-corrected chi connectivity index (χ2v) is 7.01. The van der Waals surface area contributed by atoms with Crippen molar-refractivity contribution in [2.24, 2.45) is 0 Å². The van der Waals surface area contributed by atoms with Gasteiger partial charge in [-0.05, 0) is 48.0 Å². The Morgan fingerprint density at radius 2 is 1.80 bits per heavy atom. The number of fused-ring (bicyclic) bond motifs is 1. The van der Waals surface area contributed by atoms with Crippen LogP contribution in [0.3, 0.4) is 0 Å². The molecule has 0 amide bonds. The number of nitrogens with one attached hydrogen (secondary N) is 1. The summed E-state index contributed by atoms with van der Waals surface area (Å²) in [7, 11) is 0. The zero-order valence-electron chi connectivity index (χ0n) is 13.2. The van der Waals surface area contributed by atoms with Crippen molar-refractivity contribution in [1.82, 2.24) is 9.97 Å². The van der Waals surface area contributed by atoms with Crippen molar-refractivity contribution in [2.75, 3.05) is 0 Å². The first-order chi connectivity index (χ1) is 12.2. The van der Waals surface area contributed by atoms with Gasteiger partial charge in [0.2, 0.25) is 0 Å². The standard InChI is InChI=1S/C20H14BrClN2O/c21-14-7-10-19(25-12-13-5-8-15(22)9-6-13)16(11-14)20-23-17-3-1-2-4-18(17)24-20/h1-11H,12H2,(H,23,24). The van der Waals surface area contributed by atoms with Gasteiger partial charge in [0.25, 0.3) is 0 Å². The third kappa shape index (κ3) is 3.55. The highest BCUT2D eigenvalue weighted by Gasteiger charge is 2.12. The monoisotopic (exact) mass is 412 g/mol. The smallest absolute Gasteiger partial charge is 0.142 e. The van der Waals surface area contributed by atoms with Crippen molar-refractivity contribution in [3.63, 3.8) is 0 Å². The summed E-state index contributed by atoms with van der Waals surface area (Å²) in [6.07, 6.45) is 0. The predicted molar refractivity (Wildman–Crippen MR) is 105 cm³/mol. The molecule has 0 fully saturated rings. The molecule has 0 spiro atoms. The Kier molecular flexibility index (Phi) is 4.47. The van der Waals surface area contributed by atoms with E-state index in [1.807, 2.05) is 66.7 Å². The zero-order chi connectivity index (χ0) is 17.2. The summed E-state index contributed by atoms with van der Waals surface area (Å²) < 4.78 is 7.02. The lowest BCUT2D eigenvalue weighted by Gasteiger charge is -2.11. The molecule has 4 rings (SSSR count). The van der Waals surface area contributed by atoms with Crippen LogP contribution in [0.1, 0.15) is 5.56 Å². The van der Waals surface area contributed by atoms with Crippen molar-refractivity contribution in [2.45, 2.75) is 6.61 Å². The Balaban J connectivity index is 1.67. The maximum Gasteiger partial charge on any atom is 0.142 e. The number of para-hydroxylation sites is 2. The normalized spacial score (nSPS) is 11.0. The van der Waals surface area contributed by atoms with Crippen LogP contribution < -0.4 is 4.74 Å². The Hall–Kier alpha value is -2.30. The van der Waals surface area contributed by atoms with Crippen LogP contribution in [0, 0.1) is 0 Å². The fourth-order valence-electron chi connectivity index (χ4n) is 2.64. The molecular formula is C20H14BrClN2O. The van der Waals surface area contributed by atoms with E-state index < -0.39 is 0 Å². The zero-order valence-corrected chi connectivity index (χ0v) is 15.5. The fourth-order valence-corrected chi connectivity index (χ4v) is 3.12. The summed E-state index contributed by atoms with van der Waals surface area (Å²) >= 11 is 9.46. The van der Waals surface area contributed by atoms with Crippen molar-refractivity contribution in [3.8, 4) is 17.1 Å². The number of H-pyrrole nitrogens is 1. The van der Waals surface area contributed by atoms with Crippen LogP contribution in [-0.4, -0.2) is 9.97 Å². The number of benzene rings is 3. The van der Waals surface area contributed by atoms with E-state index in [0.717, 1.165) is 43.2 Å². The first kappa shape index (κ1) is 16.2. The van der Waals surface area contributed by atoms with Gasteiger partial charge in [0.15, 0.2) is 0 Å². The molecule has 0 saturated heterocycles. The first-order valence-corrected chi connectivity index (χ1v) is 8.98. The minimum Gasteiger partial charge on any atom is -0.488 e. The summed E-state index contributed by atoms with van der Waals surface area (Å²) in [6.45, 7) is 0.464. The number of aromatic nitrogens is 2. The highest BCUT2D eigenvalue weighted by molar-refractivity contribution is 9.10. The van der Waals surface area contributed by atoms with E-state index in [0.29, 0.717) is 6.61 Å². The molecule has 1 N–H and O–H groups in total. The second-order valence-electron chi connectivity index (χ2n) is 5.66. The van der Waals surface area contributed by atoms with Gasteiger partial charge in [-0.15, -0.1) is 0 Å². The van der Waals surface area contributed by atoms with Crippen molar-refractivity contribution in [1.29, 1.82) is 0 Å². The second kappa shape index (κ2) is 6.90. The molecule has 0 bridgehead atoms. The van der Waals surface area contributed by atoms with Gasteiger partial charge >= 0.3 is 0 Å². The van der Waals surface area contributed by atoms with Crippen LogP contribution in [0.15, 0.2) is 71.2 Å². The van der Waals surface area contributed by atoms with Crippen molar-refractivity contribution < 1.29 is 4.74 Å². The van der Waals surface area contributed by atoms with E-state index in [2.05, 4.69) is 25.9 Å². The van der Waals surface area contributed by atoms with E-state index in [1.165, 1.54) is 0 Å². The molecule has 25 heavy (non-hydrogen) atoms. The number of nitrogens with zero attached hydrogens (tertiary/aromatic N) is 1. The molecule has 0 radical (unpaired) electrons. The van der Waals surface area contributed by atoms with Crippen molar-refractivity contribution >= 4 is 38.6 Å². The molecule has 0 unspecified atom stereocenters. The number of hydrogen-bond acceptors (Lipinski definition) is 2. The number of imidazole rings is 1. The molecule has 0 saturated carbocycles. The molecule has 3 aromatic carbocycles. The molecule has 0 aliphatic carbocycles. The molecule has 0 atom stereocenters. The van der Waals surface area contributed by atoms with Crippen LogP contribution in [0.4, 0.5) is 0 Å². The van der Waals surface area contributed by atoms with Gasteiger partial charge in [0, 0.05) is 9.50 Å². The third-order valence-corrected chi connectivity index (χ3v) is 4.64. The number of ether oxygens (including phenoxy) is 1. The van der Waals surface area contributed by atoms with E-state index in [1.54, 1.807) is 0 Å². The van der Waals surface area contributed by atoms with Crippen LogP contribution in [-0.2, 0) is 6.61 Å². The summed E-state index contributed by atoms with van der Waals surface area (Å²) in [4.78, 5) is 8.03. The van der Waals surface area contributed by atoms with Gasteiger partial charge in [0.1, 0.15) is 18.2 Å². The number of halogens is 2. The van der Waals surface area contributed by atoms with Crippen molar-refractivity contribution in [3.05, 3.63) is 81.8 Å². The largest absolute Gasteiger partial charge is 0.488 e. The van der Waals surface area contributed by atoms with Crippen LogP contribution in [0.5, 0.6) is 5.75 Å². The SMILES string of the molecule is Clc1ccc(COc2ccc(Br)cc2-c2nc3ccccc3[nH]2)cc1. The van der Waals surface area contributed by atoms with Gasteiger partial charge in [-0.1, -0.05) is 51.8 Å². The summed E-state index contributed by atoms with van der Waals surface area (Å²) in [6, 6.07) is 21.5. The number of aromatic amines is 1. The van der Waals surface area contributed by atoms with E-state index in [9.17, 15) is 0 Å². The molecule has 4 aromatic rings. The van der Waals surface area contributed by atoms with Crippen LogP contribution >= 0.6 is 27.5 Å². The maximum absolute atomic E-state index is 6.04. The molecule has 0 aliphatic rings. The minimum atomic E-state index is 0.464. The lowest BCUT2D eigenvalue weighted by atomic mass is 10.2. The quantitative estimate of drug-likeness (QED) is 0.431. The van der Waals surface area contributed by atoms with Gasteiger partial charge in [0.05, 0.1) is 16.6 Å². The van der Waals surface area contributed by atoms with E-state index in [-0.39, 0.29) is 0 Å². The molecule has 0 aliphatic heterocycles. The number of hydrogen-bond donors (Lipinski definition) is 1. The van der Waals surface area contributed by atoms with Crippen LogP contribution in [0.2, 0.25) is 5.02 Å². The average Bonchev–Trinajstić information content (AvgIpc) is 3.06. The molecule has 3 nitrogen and oxygen atoms in total. The van der Waals surface area contributed by atoms with E-state index >= 15 is 0 Å². The lowest BCUT2D eigenvalue weighted by Crippen LogP contribution is -1.97. The molecule has 1 aromatic heterocycles. The van der Waals surface area contributed by atoms with Gasteiger partial charge < -0.3 is 9.72 Å². The van der Waals surface area contributed by atoms with Gasteiger partial charge in [-0.3, -0.25) is 0 Å². The summed E-state index contributed by atoms with van der Waals surface area (Å²) in [5, 5.41) is 0.718. The van der Waals surface area contributed by atoms with Gasteiger partial charge in [-0.2, -0.15) is 0 Å². The molecule has 124 valence electrons. The third-order valence-electron chi connectivity index (χ3n) is 3.89. The Bertz CT molecular complexity index is 994. The topological polar surface area (TPSA) is 37.9 Å². The first-order valence-electron chi connectivity index (χ1n) is 7.81. The summed E-state index contributed by atoms with van der Waals surface area (Å²) in [5.74, 6) is 1.56. The predicted octanol–water partition coefficient (Wildman–Crippen LogP) is 6.22. The molecule has 1 heterocycles. The number of rotatable bonds is 4. The summed E-state index contributed by atoms with van der Waals surface area (Å²) in [5.41, 5.74) is 3.91. The molecular weight excluding hydrogens is 400 g/mol. The van der Waals surface area contributed by atoms with Gasteiger partial charge in [-0.25, -0.2) is 4.98 Å². The average molecular weight is 414 g/mol. The minimum absolute atomic E-state index is 0.464. The Morgan fingerprint density at radius 1 is 1.00 bits per heavy atom. The highest BCUT2D eigenvalue weighted by Crippen LogP contribution is 2.32. The van der Waals surface area contributed by atoms with Crippen LogP contribution in [0.25, 0.3) is 22.4 Å². The highest BCUT2D eigenvalue weighted by atomic mass is 79.9. The van der Waals surface area contributed by atoms with E-state index in [4.69, 9.17) is 16.3 Å². The Morgan fingerprint density at radius 3 is 2.60 bits per heavy atom. The Labute approximate surface area is 158 Å². The maximum atomic E-state index is 6.04.